The van der Waals surface area contributed by atoms with Crippen molar-refractivity contribution in [3.05, 3.63) is 0 Å². The van der Waals surface area contributed by atoms with E-state index >= 15 is 0 Å². The van der Waals surface area contributed by atoms with E-state index < -0.39 is 18.1 Å². The van der Waals surface area contributed by atoms with E-state index in [1.807, 2.05) is 0 Å². The van der Waals surface area contributed by atoms with Gasteiger partial charge in [-0.2, -0.15) is 0 Å². The number of carbonyl (C=O) groups excluding carboxylic acids is 2. The largest absolute Gasteiger partial charge is 0.415 e. The molecule has 1 saturated heterocycles. The van der Waals surface area contributed by atoms with E-state index in [0.29, 0.717) is 5.75 Å². The van der Waals surface area contributed by atoms with Gasteiger partial charge in [-0.25, -0.2) is 9.59 Å². The SMILES string of the molecule is O=C1N[C@@H](CSS)C(=O)O1. The number of thiol groups is 1. The van der Waals surface area contributed by atoms with Gasteiger partial charge in [0.05, 0.1) is 0 Å². The molecule has 1 atom stereocenters. The van der Waals surface area contributed by atoms with Gasteiger partial charge in [-0.15, -0.1) is 11.7 Å². The molecule has 0 bridgehead atoms. The summed E-state index contributed by atoms with van der Waals surface area (Å²) in [5.41, 5.74) is 0. The third-order valence-electron chi connectivity index (χ3n) is 1.01. The molecule has 4 nitrogen and oxygen atoms in total. The van der Waals surface area contributed by atoms with E-state index in [0.717, 1.165) is 0 Å². The Morgan fingerprint density at radius 2 is 2.40 bits per heavy atom. The molecule has 0 radical (unpaired) electrons. The van der Waals surface area contributed by atoms with Crippen molar-refractivity contribution < 1.29 is 14.3 Å². The summed E-state index contributed by atoms with van der Waals surface area (Å²) in [5.74, 6) is -0.0835. The summed E-state index contributed by atoms with van der Waals surface area (Å²) in [6.45, 7) is 0. The molecule has 1 aliphatic rings. The highest BCUT2D eigenvalue weighted by molar-refractivity contribution is 8.68. The minimum atomic E-state index is -0.669. The third-order valence-corrected chi connectivity index (χ3v) is 1.94. The molecule has 0 aromatic rings. The second-order valence-corrected chi connectivity index (χ2v) is 3.07. The first-order valence-corrected chi connectivity index (χ1v) is 4.56. The van der Waals surface area contributed by atoms with Crippen LogP contribution in [0.4, 0.5) is 4.79 Å². The number of rotatable bonds is 2. The van der Waals surface area contributed by atoms with E-state index in [9.17, 15) is 9.59 Å². The summed E-state index contributed by atoms with van der Waals surface area (Å²) >= 11 is 3.82. The average Bonchev–Trinajstić information content (AvgIpc) is 2.13. The van der Waals surface area contributed by atoms with Crippen molar-refractivity contribution in [2.24, 2.45) is 0 Å². The van der Waals surface area contributed by atoms with Crippen molar-refractivity contribution in [1.29, 1.82) is 0 Å². The number of hydrogen-bond donors (Lipinski definition) is 2. The van der Waals surface area contributed by atoms with Gasteiger partial charge in [0.2, 0.25) is 0 Å². The van der Waals surface area contributed by atoms with Gasteiger partial charge in [-0.05, 0) is 0 Å². The van der Waals surface area contributed by atoms with Crippen molar-refractivity contribution in [3.63, 3.8) is 0 Å². The molecule has 56 valence electrons. The molecule has 0 aromatic carbocycles. The molecule has 0 spiro atoms. The van der Waals surface area contributed by atoms with E-state index in [1.54, 1.807) is 0 Å². The second-order valence-electron chi connectivity index (χ2n) is 1.70. The van der Waals surface area contributed by atoms with Crippen LogP contribution in [0.15, 0.2) is 0 Å². The Morgan fingerprint density at radius 3 is 2.80 bits per heavy atom. The normalized spacial score (nSPS) is 24.3. The maximum Gasteiger partial charge on any atom is 0.415 e. The summed E-state index contributed by atoms with van der Waals surface area (Å²) in [6, 6.07) is -0.519. The number of cyclic esters (lactones) is 2. The van der Waals surface area contributed by atoms with Crippen molar-refractivity contribution in [1.82, 2.24) is 5.32 Å². The van der Waals surface area contributed by atoms with Crippen molar-refractivity contribution in [2.45, 2.75) is 6.04 Å². The van der Waals surface area contributed by atoms with Crippen molar-refractivity contribution in [2.75, 3.05) is 5.75 Å². The van der Waals surface area contributed by atoms with Crippen LogP contribution < -0.4 is 5.32 Å². The zero-order valence-electron chi connectivity index (χ0n) is 4.86. The average molecular weight is 179 g/mol. The lowest BCUT2D eigenvalue weighted by molar-refractivity contribution is -0.134. The van der Waals surface area contributed by atoms with Crippen LogP contribution in [-0.2, 0) is 9.53 Å². The first-order chi connectivity index (χ1) is 4.74. The van der Waals surface area contributed by atoms with Gasteiger partial charge in [0.15, 0.2) is 0 Å². The van der Waals surface area contributed by atoms with Crippen LogP contribution in [0.2, 0.25) is 0 Å². The number of esters is 1. The lowest BCUT2D eigenvalue weighted by Crippen LogP contribution is -2.30. The van der Waals surface area contributed by atoms with Crippen LogP contribution >= 0.6 is 22.5 Å². The van der Waals surface area contributed by atoms with Crippen molar-refractivity contribution >= 4 is 34.5 Å². The van der Waals surface area contributed by atoms with Crippen LogP contribution in [0.5, 0.6) is 0 Å². The summed E-state index contributed by atoms with van der Waals surface area (Å²) in [7, 11) is 1.18. The highest BCUT2D eigenvalue weighted by Gasteiger charge is 2.31. The maximum atomic E-state index is 10.6. The highest BCUT2D eigenvalue weighted by atomic mass is 33.1. The van der Waals surface area contributed by atoms with Gasteiger partial charge < -0.3 is 10.1 Å². The zero-order valence-corrected chi connectivity index (χ0v) is 6.58. The van der Waals surface area contributed by atoms with Gasteiger partial charge in [-0.3, -0.25) is 0 Å². The molecular formula is C4H5NO3S2. The number of ether oxygens (including phenoxy) is 1. The zero-order chi connectivity index (χ0) is 7.56. The molecular weight excluding hydrogens is 174 g/mol. The Morgan fingerprint density at radius 1 is 1.70 bits per heavy atom. The lowest BCUT2D eigenvalue weighted by atomic mass is 10.4. The Balaban J connectivity index is 2.46. The Labute approximate surface area is 66.5 Å². The fourth-order valence-corrected chi connectivity index (χ4v) is 1.39. The number of amides is 1. The summed E-state index contributed by atoms with van der Waals surface area (Å²) < 4.78 is 4.19. The third kappa shape index (κ3) is 1.57. The van der Waals surface area contributed by atoms with Crippen LogP contribution in [0.1, 0.15) is 0 Å². The lowest BCUT2D eigenvalue weighted by Gasteiger charge is -1.98. The van der Waals surface area contributed by atoms with E-state index in [2.05, 4.69) is 21.7 Å². The second kappa shape index (κ2) is 3.16. The Bertz CT molecular complexity index is 172. The minimum absolute atomic E-state index is 0.438. The molecule has 1 rings (SSSR count). The number of carbonyl (C=O) groups is 2. The van der Waals surface area contributed by atoms with Crippen LogP contribution in [0, 0.1) is 0 Å². The van der Waals surface area contributed by atoms with E-state index in [1.165, 1.54) is 10.8 Å². The molecule has 1 N–H and O–H groups in total. The molecule has 0 unspecified atom stereocenters. The molecule has 0 aromatic heterocycles. The van der Waals surface area contributed by atoms with Gasteiger partial charge in [0, 0.05) is 5.75 Å². The fourth-order valence-electron chi connectivity index (χ4n) is 0.577. The molecule has 1 amide bonds. The number of hydrogen-bond acceptors (Lipinski definition) is 5. The summed E-state index contributed by atoms with van der Waals surface area (Å²) in [4.78, 5) is 21.0. The first kappa shape index (κ1) is 7.74. The molecule has 10 heavy (non-hydrogen) atoms. The predicted octanol–water partition coefficient (Wildman–Crippen LogP) is 0.199. The fraction of sp³-hybridized carbons (Fsp3) is 0.500. The first-order valence-electron chi connectivity index (χ1n) is 2.52. The summed E-state index contributed by atoms with van der Waals surface area (Å²) in [5, 5.41) is 2.32. The van der Waals surface area contributed by atoms with Crippen LogP contribution in [0.25, 0.3) is 0 Å². The minimum Gasteiger partial charge on any atom is -0.375 e. The summed E-state index contributed by atoms with van der Waals surface area (Å²) in [6.07, 6.45) is -0.669. The maximum absolute atomic E-state index is 10.6. The van der Waals surface area contributed by atoms with Gasteiger partial charge in [0.25, 0.3) is 0 Å². The monoisotopic (exact) mass is 179 g/mol. The van der Waals surface area contributed by atoms with Gasteiger partial charge >= 0.3 is 12.1 Å². The molecule has 1 aliphatic heterocycles. The number of alkyl carbamates (subject to hydrolysis) is 1. The van der Waals surface area contributed by atoms with E-state index in [-0.39, 0.29) is 0 Å². The number of nitrogens with one attached hydrogen (secondary N) is 1. The molecule has 1 fully saturated rings. The Hall–Kier alpha value is -0.360. The van der Waals surface area contributed by atoms with Gasteiger partial charge in [-0.1, -0.05) is 10.8 Å². The Kier molecular flexibility index (Phi) is 2.44. The van der Waals surface area contributed by atoms with Crippen LogP contribution in [0.3, 0.4) is 0 Å². The van der Waals surface area contributed by atoms with Crippen molar-refractivity contribution in [3.8, 4) is 0 Å². The molecule has 6 heteroatoms. The van der Waals surface area contributed by atoms with Gasteiger partial charge in [0.1, 0.15) is 6.04 Å². The van der Waals surface area contributed by atoms with Crippen LogP contribution in [-0.4, -0.2) is 23.9 Å². The smallest absolute Gasteiger partial charge is 0.375 e. The predicted molar refractivity (Wildman–Crippen MR) is 39.9 cm³/mol. The molecule has 0 saturated carbocycles. The standard InChI is InChI=1S/C4H5NO3S2/c6-3-2(1-10-9)5-4(7)8-3/h2,9H,1H2,(H,5,7)/t2-/m0/s1. The topological polar surface area (TPSA) is 55.4 Å². The quantitative estimate of drug-likeness (QED) is 0.275. The van der Waals surface area contributed by atoms with E-state index in [4.69, 9.17) is 0 Å². The molecule has 0 aliphatic carbocycles. The molecule has 1 heterocycles. The highest BCUT2D eigenvalue weighted by Crippen LogP contribution is 2.10.